The molecule has 2 rings (SSSR count). The molecule has 1 unspecified atom stereocenters. The van der Waals surface area contributed by atoms with Crippen LogP contribution in [0, 0.1) is 6.92 Å². The molecule has 116 valence electrons. The van der Waals surface area contributed by atoms with E-state index in [1.165, 1.54) is 6.92 Å². The van der Waals surface area contributed by atoms with Gasteiger partial charge in [0.15, 0.2) is 0 Å². The zero-order chi connectivity index (χ0) is 15.7. The Labute approximate surface area is 122 Å². The lowest BCUT2D eigenvalue weighted by Gasteiger charge is -2.44. The highest BCUT2D eigenvalue weighted by Gasteiger charge is 2.45. The van der Waals surface area contributed by atoms with Crippen molar-refractivity contribution in [1.29, 1.82) is 0 Å². The fourth-order valence-electron chi connectivity index (χ4n) is 2.64. The van der Waals surface area contributed by atoms with Gasteiger partial charge in [-0.15, -0.1) is 0 Å². The molecule has 1 atom stereocenters. The van der Waals surface area contributed by atoms with Crippen LogP contribution in [0.3, 0.4) is 0 Å². The van der Waals surface area contributed by atoms with E-state index in [1.54, 1.807) is 14.0 Å². The number of alkyl halides is 2. The normalized spacial score (nSPS) is 19.9. The van der Waals surface area contributed by atoms with Gasteiger partial charge >= 0.3 is 0 Å². The second-order valence-electron chi connectivity index (χ2n) is 5.80. The molecule has 2 heterocycles. The first-order valence-electron chi connectivity index (χ1n) is 6.86. The fourth-order valence-corrected chi connectivity index (χ4v) is 2.64. The molecule has 1 aliphatic heterocycles. The number of likely N-dealkylation sites (N-methyl/N-ethyl adjacent to an activating group) is 1. The Morgan fingerprint density at radius 1 is 1.52 bits per heavy atom. The number of hydrogen-bond acceptors (Lipinski definition) is 4. The summed E-state index contributed by atoms with van der Waals surface area (Å²) < 4.78 is 31.0. The summed E-state index contributed by atoms with van der Waals surface area (Å²) in [5.41, 5.74) is 0.104. The van der Waals surface area contributed by atoms with Crippen LogP contribution in [-0.4, -0.2) is 38.0 Å². The number of aldehydes is 1. The summed E-state index contributed by atoms with van der Waals surface area (Å²) in [7, 11) is 1.79. The second kappa shape index (κ2) is 5.77. The topological polar surface area (TPSA) is 51.2 Å². The predicted molar refractivity (Wildman–Crippen MR) is 74.6 cm³/mol. The lowest BCUT2D eigenvalue weighted by atomic mass is 9.76. The fraction of sp³-hybridized carbons (Fsp3) is 0.600. The Kier molecular flexibility index (Phi) is 4.39. The van der Waals surface area contributed by atoms with Gasteiger partial charge < -0.3 is 14.8 Å². The number of carbonyl (C=O) groups excluding carboxylic acids is 1. The first-order chi connectivity index (χ1) is 9.87. The van der Waals surface area contributed by atoms with Gasteiger partial charge in [0, 0.05) is 12.1 Å². The number of halogens is 2. The van der Waals surface area contributed by atoms with Crippen LogP contribution in [0.4, 0.5) is 8.78 Å². The molecule has 0 spiro atoms. The number of pyridine rings is 1. The number of nitrogens with zero attached hydrogens (tertiary/aromatic N) is 1. The van der Waals surface area contributed by atoms with E-state index >= 15 is 0 Å². The largest absolute Gasteiger partial charge is 0.377 e. The Balaban J connectivity index is 2.55. The summed E-state index contributed by atoms with van der Waals surface area (Å²) in [5.74, 6) is 0. The van der Waals surface area contributed by atoms with Gasteiger partial charge in [0.1, 0.15) is 6.29 Å². The SMILES string of the molecule is CNC1(c2ccc(C)nc2C(C)(C=O)CC(F)F)COC1. The maximum Gasteiger partial charge on any atom is 0.240 e. The molecule has 0 saturated carbocycles. The molecule has 0 bridgehead atoms. The quantitative estimate of drug-likeness (QED) is 0.816. The lowest BCUT2D eigenvalue weighted by molar-refractivity contribution is -0.114. The molecule has 1 saturated heterocycles. The first-order valence-corrected chi connectivity index (χ1v) is 6.86. The van der Waals surface area contributed by atoms with Gasteiger partial charge in [-0.2, -0.15) is 0 Å². The van der Waals surface area contributed by atoms with E-state index in [2.05, 4.69) is 10.3 Å². The number of aromatic nitrogens is 1. The van der Waals surface area contributed by atoms with Gasteiger partial charge in [0.25, 0.3) is 0 Å². The van der Waals surface area contributed by atoms with Gasteiger partial charge in [-0.3, -0.25) is 4.98 Å². The third-order valence-electron chi connectivity index (χ3n) is 4.10. The number of rotatable bonds is 6. The Morgan fingerprint density at radius 3 is 2.62 bits per heavy atom. The van der Waals surface area contributed by atoms with Gasteiger partial charge in [-0.1, -0.05) is 6.07 Å². The third kappa shape index (κ3) is 2.82. The lowest BCUT2D eigenvalue weighted by Crippen LogP contribution is -2.57. The van der Waals surface area contributed by atoms with E-state index in [9.17, 15) is 13.6 Å². The molecule has 0 aliphatic carbocycles. The maximum atomic E-state index is 12.9. The molecule has 1 aromatic rings. The van der Waals surface area contributed by atoms with Crippen molar-refractivity contribution in [2.75, 3.05) is 20.3 Å². The smallest absolute Gasteiger partial charge is 0.240 e. The number of nitrogens with one attached hydrogen (secondary N) is 1. The van der Waals surface area contributed by atoms with Gasteiger partial charge in [0.05, 0.1) is 29.9 Å². The van der Waals surface area contributed by atoms with Crippen LogP contribution in [0.2, 0.25) is 0 Å². The molecule has 4 nitrogen and oxygen atoms in total. The highest BCUT2D eigenvalue weighted by atomic mass is 19.3. The Morgan fingerprint density at radius 2 is 2.19 bits per heavy atom. The van der Waals surface area contributed by atoms with Crippen molar-refractivity contribution in [3.63, 3.8) is 0 Å². The van der Waals surface area contributed by atoms with Crippen LogP contribution in [-0.2, 0) is 20.5 Å². The van der Waals surface area contributed by atoms with E-state index in [1.807, 2.05) is 12.1 Å². The van der Waals surface area contributed by atoms with E-state index in [0.29, 0.717) is 30.9 Å². The van der Waals surface area contributed by atoms with Crippen molar-refractivity contribution in [1.82, 2.24) is 10.3 Å². The molecule has 0 aromatic carbocycles. The van der Waals surface area contributed by atoms with Crippen molar-refractivity contribution in [3.8, 4) is 0 Å². The third-order valence-corrected chi connectivity index (χ3v) is 4.10. The highest BCUT2D eigenvalue weighted by Crippen LogP contribution is 2.38. The standard InChI is InChI=1S/C15H20F2N2O2/c1-10-4-5-11(15(18-3)8-21-9-15)13(19-10)14(2,7-20)6-12(16)17/h4-5,7,12,18H,6,8-9H2,1-3H3. The van der Waals surface area contributed by atoms with Gasteiger partial charge in [0.2, 0.25) is 6.43 Å². The van der Waals surface area contributed by atoms with Gasteiger partial charge in [-0.25, -0.2) is 8.78 Å². The maximum absolute atomic E-state index is 12.9. The van der Waals surface area contributed by atoms with E-state index < -0.39 is 23.8 Å². The van der Waals surface area contributed by atoms with Crippen LogP contribution >= 0.6 is 0 Å². The van der Waals surface area contributed by atoms with Crippen LogP contribution in [0.15, 0.2) is 12.1 Å². The predicted octanol–water partition coefficient (Wildman–Crippen LogP) is 1.95. The summed E-state index contributed by atoms with van der Waals surface area (Å²) in [6.45, 7) is 4.17. The molecule has 1 N–H and O–H groups in total. The Bertz CT molecular complexity index is 527. The zero-order valence-electron chi connectivity index (χ0n) is 12.5. The van der Waals surface area contributed by atoms with Crippen molar-refractivity contribution in [2.24, 2.45) is 0 Å². The molecule has 0 amide bonds. The summed E-state index contributed by atoms with van der Waals surface area (Å²) in [4.78, 5) is 15.9. The van der Waals surface area contributed by atoms with Crippen LogP contribution in [0.5, 0.6) is 0 Å². The van der Waals surface area contributed by atoms with E-state index in [4.69, 9.17) is 4.74 Å². The minimum absolute atomic E-state index is 0.412. The minimum Gasteiger partial charge on any atom is -0.377 e. The molecule has 21 heavy (non-hydrogen) atoms. The highest BCUT2D eigenvalue weighted by molar-refractivity contribution is 5.68. The van der Waals surface area contributed by atoms with Crippen molar-refractivity contribution in [2.45, 2.75) is 37.6 Å². The summed E-state index contributed by atoms with van der Waals surface area (Å²) in [6.07, 6.45) is -2.54. The summed E-state index contributed by atoms with van der Waals surface area (Å²) >= 11 is 0. The average molecular weight is 298 g/mol. The number of carbonyl (C=O) groups is 1. The van der Waals surface area contributed by atoms with Crippen molar-refractivity contribution >= 4 is 6.29 Å². The molecule has 1 aliphatic rings. The summed E-state index contributed by atoms with van der Waals surface area (Å²) in [5, 5.41) is 3.17. The molecule has 0 radical (unpaired) electrons. The number of ether oxygens (including phenoxy) is 1. The minimum atomic E-state index is -2.57. The van der Waals surface area contributed by atoms with Crippen LogP contribution < -0.4 is 5.32 Å². The van der Waals surface area contributed by atoms with E-state index in [-0.39, 0.29) is 0 Å². The number of hydrogen-bond donors (Lipinski definition) is 1. The molecular weight excluding hydrogens is 278 g/mol. The monoisotopic (exact) mass is 298 g/mol. The molecule has 1 aromatic heterocycles. The molecule has 1 fully saturated rings. The van der Waals surface area contributed by atoms with Crippen molar-refractivity contribution < 1.29 is 18.3 Å². The molecular formula is C15H20F2N2O2. The zero-order valence-corrected chi connectivity index (χ0v) is 12.5. The summed E-state index contributed by atoms with van der Waals surface area (Å²) in [6, 6.07) is 3.67. The molecule has 6 heteroatoms. The number of aryl methyl sites for hydroxylation is 1. The Hall–Kier alpha value is -1.40. The second-order valence-corrected chi connectivity index (χ2v) is 5.80. The van der Waals surface area contributed by atoms with Crippen LogP contribution in [0.25, 0.3) is 0 Å². The van der Waals surface area contributed by atoms with Crippen LogP contribution in [0.1, 0.15) is 30.3 Å². The first kappa shape index (κ1) is 16.0. The van der Waals surface area contributed by atoms with Crippen molar-refractivity contribution in [3.05, 3.63) is 29.1 Å². The van der Waals surface area contributed by atoms with Gasteiger partial charge in [-0.05, 0) is 32.5 Å². The van der Waals surface area contributed by atoms with E-state index in [0.717, 1.165) is 5.56 Å². The average Bonchev–Trinajstić information content (AvgIpc) is 2.38.